The Bertz CT molecular complexity index is 412. The molecule has 17 heavy (non-hydrogen) atoms. The van der Waals surface area contributed by atoms with Gasteiger partial charge in [0.15, 0.2) is 0 Å². The summed E-state index contributed by atoms with van der Waals surface area (Å²) in [5, 5.41) is 3.71. The molecule has 0 aliphatic heterocycles. The monoisotopic (exact) mass is 275 g/mol. The SMILES string of the molecule is CCc1nc(Cl)c(C)c(NCCCS(C)=O)n1. The van der Waals surface area contributed by atoms with Crippen LogP contribution in [0.2, 0.25) is 5.15 Å². The number of nitrogens with one attached hydrogen (secondary N) is 1. The Kier molecular flexibility index (Phi) is 5.85. The van der Waals surface area contributed by atoms with Crippen LogP contribution in [0.25, 0.3) is 0 Å². The maximum Gasteiger partial charge on any atom is 0.137 e. The zero-order chi connectivity index (χ0) is 12.8. The second-order valence-corrected chi connectivity index (χ2v) is 5.73. The third-order valence-corrected chi connectivity index (χ3v) is 3.58. The predicted octanol–water partition coefficient (Wildman–Crippen LogP) is 2.18. The van der Waals surface area contributed by atoms with E-state index in [0.717, 1.165) is 36.6 Å². The van der Waals surface area contributed by atoms with Gasteiger partial charge in [0.2, 0.25) is 0 Å². The molecule has 6 heteroatoms. The first-order valence-electron chi connectivity index (χ1n) is 5.61. The summed E-state index contributed by atoms with van der Waals surface area (Å²) in [6.07, 6.45) is 3.32. The zero-order valence-corrected chi connectivity index (χ0v) is 12.0. The van der Waals surface area contributed by atoms with Gasteiger partial charge >= 0.3 is 0 Å². The van der Waals surface area contributed by atoms with Gasteiger partial charge in [-0.15, -0.1) is 0 Å². The molecule has 0 bridgehead atoms. The lowest BCUT2D eigenvalue weighted by molar-refractivity contribution is 0.685. The quantitative estimate of drug-likeness (QED) is 0.639. The molecular formula is C11H18ClN3OS. The fourth-order valence-corrected chi connectivity index (χ4v) is 2.08. The average molecular weight is 276 g/mol. The Morgan fingerprint density at radius 3 is 2.71 bits per heavy atom. The highest BCUT2D eigenvalue weighted by atomic mass is 35.5. The van der Waals surface area contributed by atoms with Crippen LogP contribution in [0.3, 0.4) is 0 Å². The van der Waals surface area contributed by atoms with Crippen LogP contribution in [0.1, 0.15) is 24.7 Å². The molecule has 96 valence electrons. The lowest BCUT2D eigenvalue weighted by atomic mass is 10.3. The molecule has 0 fully saturated rings. The average Bonchev–Trinajstić information content (AvgIpc) is 2.29. The number of nitrogens with zero attached hydrogens (tertiary/aromatic N) is 2. The minimum atomic E-state index is -0.738. The van der Waals surface area contributed by atoms with Gasteiger partial charge in [0.25, 0.3) is 0 Å². The van der Waals surface area contributed by atoms with Crippen molar-refractivity contribution >= 4 is 28.2 Å². The van der Waals surface area contributed by atoms with Crippen molar-refractivity contribution < 1.29 is 4.21 Å². The summed E-state index contributed by atoms with van der Waals surface area (Å²) < 4.78 is 10.9. The molecule has 0 aliphatic carbocycles. The summed E-state index contributed by atoms with van der Waals surface area (Å²) >= 11 is 6.02. The molecule has 0 saturated carbocycles. The van der Waals surface area contributed by atoms with Crippen molar-refractivity contribution in [1.82, 2.24) is 9.97 Å². The van der Waals surface area contributed by atoms with Gasteiger partial charge in [0.1, 0.15) is 16.8 Å². The number of hydrogen-bond donors (Lipinski definition) is 1. The molecule has 0 aromatic carbocycles. The van der Waals surface area contributed by atoms with Crippen LogP contribution in [0.15, 0.2) is 0 Å². The van der Waals surface area contributed by atoms with Crippen molar-refractivity contribution in [2.24, 2.45) is 0 Å². The topological polar surface area (TPSA) is 54.9 Å². The highest BCUT2D eigenvalue weighted by molar-refractivity contribution is 7.84. The summed E-state index contributed by atoms with van der Waals surface area (Å²) in [5.41, 5.74) is 0.862. The van der Waals surface area contributed by atoms with Crippen LogP contribution in [-0.2, 0) is 17.2 Å². The highest BCUT2D eigenvalue weighted by Gasteiger charge is 2.07. The molecule has 0 amide bonds. The van der Waals surface area contributed by atoms with Crippen LogP contribution in [0.4, 0.5) is 5.82 Å². The van der Waals surface area contributed by atoms with E-state index in [4.69, 9.17) is 11.6 Å². The van der Waals surface area contributed by atoms with Crippen LogP contribution < -0.4 is 5.32 Å². The third-order valence-electron chi connectivity index (χ3n) is 2.35. The number of aryl methyl sites for hydroxylation is 1. The molecule has 1 atom stereocenters. The molecular weight excluding hydrogens is 258 g/mol. The lowest BCUT2D eigenvalue weighted by Gasteiger charge is -2.10. The van der Waals surface area contributed by atoms with E-state index in [0.29, 0.717) is 10.9 Å². The first-order chi connectivity index (χ1) is 8.04. The van der Waals surface area contributed by atoms with Gasteiger partial charge in [0.05, 0.1) is 0 Å². The molecule has 1 rings (SSSR count). The molecule has 1 heterocycles. The zero-order valence-electron chi connectivity index (χ0n) is 10.4. The van der Waals surface area contributed by atoms with Crippen molar-refractivity contribution in [2.75, 3.05) is 23.9 Å². The minimum absolute atomic E-state index is 0.499. The van der Waals surface area contributed by atoms with E-state index in [9.17, 15) is 4.21 Å². The molecule has 1 unspecified atom stereocenters. The van der Waals surface area contributed by atoms with Gasteiger partial charge in [-0.25, -0.2) is 9.97 Å². The summed E-state index contributed by atoms with van der Waals surface area (Å²) in [7, 11) is -0.738. The van der Waals surface area contributed by atoms with Gasteiger partial charge in [-0.3, -0.25) is 4.21 Å². The van der Waals surface area contributed by atoms with E-state index in [1.54, 1.807) is 6.26 Å². The fraction of sp³-hybridized carbons (Fsp3) is 0.636. The molecule has 1 aromatic rings. The summed E-state index contributed by atoms with van der Waals surface area (Å²) in [5.74, 6) is 2.22. The fourth-order valence-electron chi connectivity index (χ4n) is 1.35. The van der Waals surface area contributed by atoms with E-state index < -0.39 is 10.8 Å². The first kappa shape index (κ1) is 14.4. The second kappa shape index (κ2) is 6.91. The number of anilines is 1. The summed E-state index contributed by atoms with van der Waals surface area (Å²) in [6, 6.07) is 0. The van der Waals surface area contributed by atoms with Crippen molar-refractivity contribution in [3.63, 3.8) is 0 Å². The van der Waals surface area contributed by atoms with Crippen molar-refractivity contribution in [3.05, 3.63) is 16.5 Å². The number of rotatable bonds is 6. The van der Waals surface area contributed by atoms with Gasteiger partial charge < -0.3 is 5.32 Å². The van der Waals surface area contributed by atoms with E-state index in [1.165, 1.54) is 0 Å². The van der Waals surface area contributed by atoms with Crippen molar-refractivity contribution in [3.8, 4) is 0 Å². The van der Waals surface area contributed by atoms with E-state index in [2.05, 4.69) is 15.3 Å². The standard InChI is InChI=1S/C11H18ClN3OS/c1-4-9-14-10(12)8(2)11(15-9)13-6-5-7-17(3)16/h4-7H2,1-3H3,(H,13,14,15). The second-order valence-electron chi connectivity index (χ2n) is 3.82. The molecule has 0 saturated heterocycles. The number of halogens is 1. The molecule has 4 nitrogen and oxygen atoms in total. The summed E-state index contributed by atoms with van der Waals surface area (Å²) in [4.78, 5) is 8.56. The van der Waals surface area contributed by atoms with Crippen molar-refractivity contribution in [1.29, 1.82) is 0 Å². The number of hydrogen-bond acceptors (Lipinski definition) is 4. The Labute approximate surface area is 110 Å². The van der Waals surface area contributed by atoms with E-state index >= 15 is 0 Å². The van der Waals surface area contributed by atoms with E-state index in [1.807, 2.05) is 13.8 Å². The van der Waals surface area contributed by atoms with Crippen LogP contribution >= 0.6 is 11.6 Å². The normalized spacial score (nSPS) is 12.5. The van der Waals surface area contributed by atoms with Crippen LogP contribution in [0.5, 0.6) is 0 Å². The molecule has 0 radical (unpaired) electrons. The van der Waals surface area contributed by atoms with Gasteiger partial charge in [-0.2, -0.15) is 0 Å². The maximum absolute atomic E-state index is 10.9. The van der Waals surface area contributed by atoms with E-state index in [-0.39, 0.29) is 0 Å². The maximum atomic E-state index is 10.9. The smallest absolute Gasteiger partial charge is 0.137 e. The Morgan fingerprint density at radius 2 is 2.12 bits per heavy atom. The first-order valence-corrected chi connectivity index (χ1v) is 7.72. The predicted molar refractivity (Wildman–Crippen MR) is 73.2 cm³/mol. The van der Waals surface area contributed by atoms with Gasteiger partial charge in [0, 0.05) is 41.3 Å². The molecule has 0 spiro atoms. The molecule has 1 N–H and O–H groups in total. The minimum Gasteiger partial charge on any atom is -0.370 e. The Hall–Kier alpha value is -0.680. The molecule has 0 aliphatic rings. The van der Waals surface area contributed by atoms with Gasteiger partial charge in [-0.05, 0) is 13.3 Å². The van der Waals surface area contributed by atoms with Crippen LogP contribution in [0, 0.1) is 6.92 Å². The highest BCUT2D eigenvalue weighted by Crippen LogP contribution is 2.19. The Balaban J connectivity index is 2.63. The number of aromatic nitrogens is 2. The Morgan fingerprint density at radius 1 is 1.41 bits per heavy atom. The summed E-state index contributed by atoms with van der Waals surface area (Å²) in [6.45, 7) is 4.63. The van der Waals surface area contributed by atoms with Crippen LogP contribution in [-0.4, -0.2) is 32.7 Å². The lowest BCUT2D eigenvalue weighted by Crippen LogP contribution is -2.10. The largest absolute Gasteiger partial charge is 0.370 e. The van der Waals surface area contributed by atoms with Crippen molar-refractivity contribution in [2.45, 2.75) is 26.7 Å². The van der Waals surface area contributed by atoms with Gasteiger partial charge in [-0.1, -0.05) is 18.5 Å². The third kappa shape index (κ3) is 4.60. The molecule has 1 aromatic heterocycles.